The van der Waals surface area contributed by atoms with Gasteiger partial charge in [0.05, 0.1) is 11.4 Å². The van der Waals surface area contributed by atoms with Gasteiger partial charge in [0.15, 0.2) is 0 Å². The van der Waals surface area contributed by atoms with E-state index in [4.69, 9.17) is 5.10 Å². The number of halogens is 3. The Balaban J connectivity index is 1.69. The second kappa shape index (κ2) is 6.78. The van der Waals surface area contributed by atoms with E-state index in [0.29, 0.717) is 5.69 Å². The van der Waals surface area contributed by atoms with Crippen molar-refractivity contribution in [3.63, 3.8) is 0 Å². The van der Waals surface area contributed by atoms with Crippen LogP contribution in [0, 0.1) is 0 Å². The maximum atomic E-state index is 12.4. The highest BCUT2D eigenvalue weighted by Gasteiger charge is 2.31. The fraction of sp³-hybridized carbons (Fsp3) is 0.250. The zero-order valence-electron chi connectivity index (χ0n) is 15.4. The lowest BCUT2D eigenvalue weighted by molar-refractivity contribution is -0.274. The Morgan fingerprint density at radius 2 is 1.71 bits per heavy atom. The minimum absolute atomic E-state index is 0.257. The summed E-state index contributed by atoms with van der Waals surface area (Å²) >= 11 is 0. The largest absolute Gasteiger partial charge is 0.573 e. The lowest BCUT2D eigenvalue weighted by Gasteiger charge is -2.12. The highest BCUT2D eigenvalue weighted by atomic mass is 19.4. The number of benzene rings is 2. The molecule has 5 nitrogen and oxygen atoms in total. The molecule has 8 heteroatoms. The summed E-state index contributed by atoms with van der Waals surface area (Å²) in [6.07, 6.45) is -3.86. The third-order valence-electron chi connectivity index (χ3n) is 4.62. The number of hydrogen-bond acceptors (Lipinski definition) is 4. The van der Waals surface area contributed by atoms with Crippen LogP contribution < -0.4 is 15.0 Å². The lowest BCUT2D eigenvalue weighted by atomic mass is 10.1. The number of rotatable bonds is 4. The third kappa shape index (κ3) is 3.49. The van der Waals surface area contributed by atoms with Gasteiger partial charge in [-0.2, -0.15) is 5.10 Å². The first-order valence-electron chi connectivity index (χ1n) is 8.81. The van der Waals surface area contributed by atoms with E-state index in [1.807, 2.05) is 43.3 Å². The average Bonchev–Trinajstić information content (AvgIpc) is 3.24. The van der Waals surface area contributed by atoms with Gasteiger partial charge in [-0.3, -0.25) is 0 Å². The molecular weight excluding hydrogens is 369 g/mol. The first-order valence-corrected chi connectivity index (χ1v) is 8.81. The van der Waals surface area contributed by atoms with Crippen molar-refractivity contribution >= 4 is 11.5 Å². The molecule has 2 aromatic carbocycles. The van der Waals surface area contributed by atoms with Crippen LogP contribution in [0.15, 0.2) is 48.5 Å². The number of anilines is 2. The molecule has 4 rings (SSSR count). The molecule has 0 fully saturated rings. The Labute approximate surface area is 160 Å². The van der Waals surface area contributed by atoms with E-state index in [-0.39, 0.29) is 5.75 Å². The van der Waals surface area contributed by atoms with Crippen molar-refractivity contribution in [2.45, 2.75) is 12.8 Å². The Kier molecular flexibility index (Phi) is 4.41. The molecule has 1 N–H and O–H groups in total. The molecule has 0 bridgehead atoms. The van der Waals surface area contributed by atoms with Gasteiger partial charge in [-0.1, -0.05) is 12.1 Å². The van der Waals surface area contributed by atoms with Crippen LogP contribution in [0.5, 0.6) is 5.75 Å². The van der Waals surface area contributed by atoms with Crippen molar-refractivity contribution < 1.29 is 17.9 Å². The van der Waals surface area contributed by atoms with Gasteiger partial charge < -0.3 is 15.0 Å². The maximum Gasteiger partial charge on any atom is 0.573 e. The van der Waals surface area contributed by atoms with E-state index >= 15 is 0 Å². The van der Waals surface area contributed by atoms with Gasteiger partial charge in [0.2, 0.25) is 0 Å². The van der Waals surface area contributed by atoms with E-state index in [9.17, 15) is 13.2 Å². The maximum absolute atomic E-state index is 12.4. The van der Waals surface area contributed by atoms with Crippen LogP contribution in [0.1, 0.15) is 5.56 Å². The predicted octanol–water partition coefficient (Wildman–Crippen LogP) is 4.47. The Bertz CT molecular complexity index is 976. The van der Waals surface area contributed by atoms with E-state index in [1.54, 1.807) is 16.8 Å². The van der Waals surface area contributed by atoms with Crippen LogP contribution in [0.2, 0.25) is 0 Å². The second-order valence-electron chi connectivity index (χ2n) is 6.75. The van der Waals surface area contributed by atoms with Crippen LogP contribution in [-0.4, -0.2) is 36.8 Å². The quantitative estimate of drug-likeness (QED) is 0.716. The average molecular weight is 388 g/mol. The molecule has 3 aromatic rings. The van der Waals surface area contributed by atoms with Crippen molar-refractivity contribution in [1.82, 2.24) is 9.78 Å². The summed E-state index contributed by atoms with van der Waals surface area (Å²) in [7, 11) is 3.97. The molecule has 0 saturated heterocycles. The first-order chi connectivity index (χ1) is 13.3. The second-order valence-corrected chi connectivity index (χ2v) is 6.75. The highest BCUT2D eigenvalue weighted by Crippen LogP contribution is 2.35. The third-order valence-corrected chi connectivity index (χ3v) is 4.62. The molecule has 2 heterocycles. The zero-order valence-corrected chi connectivity index (χ0v) is 15.4. The van der Waals surface area contributed by atoms with Crippen molar-refractivity contribution in [1.29, 1.82) is 0 Å². The fourth-order valence-corrected chi connectivity index (χ4v) is 3.30. The van der Waals surface area contributed by atoms with Crippen LogP contribution in [-0.2, 0) is 6.42 Å². The topological polar surface area (TPSA) is 42.3 Å². The highest BCUT2D eigenvalue weighted by molar-refractivity contribution is 5.74. The molecule has 1 aromatic heterocycles. The van der Waals surface area contributed by atoms with Crippen LogP contribution in [0.25, 0.3) is 16.9 Å². The number of ether oxygens (including phenoxy) is 1. The van der Waals surface area contributed by atoms with E-state index in [2.05, 4.69) is 10.1 Å². The molecule has 0 aliphatic carbocycles. The summed E-state index contributed by atoms with van der Waals surface area (Å²) < 4.78 is 42.8. The molecule has 1 aliphatic rings. The van der Waals surface area contributed by atoms with Crippen LogP contribution >= 0.6 is 0 Å². The zero-order chi connectivity index (χ0) is 19.9. The minimum atomic E-state index is -4.71. The SMILES string of the molecule is CN(C)c1ccc(-c2nn(-c3ccc(OC(F)(F)F)cc3)c3c2CCN3)cc1. The van der Waals surface area contributed by atoms with Gasteiger partial charge in [-0.25, -0.2) is 4.68 Å². The smallest absolute Gasteiger partial charge is 0.406 e. The summed E-state index contributed by atoms with van der Waals surface area (Å²) in [5.74, 6) is 0.615. The van der Waals surface area contributed by atoms with Crippen molar-refractivity contribution in [2.75, 3.05) is 30.9 Å². The Morgan fingerprint density at radius 3 is 2.32 bits per heavy atom. The minimum Gasteiger partial charge on any atom is -0.406 e. The number of fused-ring (bicyclic) bond motifs is 1. The van der Waals surface area contributed by atoms with Gasteiger partial charge in [0.1, 0.15) is 11.6 Å². The number of hydrogen-bond donors (Lipinski definition) is 1. The summed E-state index contributed by atoms with van der Waals surface area (Å²) in [5, 5.41) is 8.05. The van der Waals surface area contributed by atoms with Crippen LogP contribution in [0.4, 0.5) is 24.7 Å². The van der Waals surface area contributed by atoms with Gasteiger partial charge in [0.25, 0.3) is 0 Å². The molecule has 146 valence electrons. The fourth-order valence-electron chi connectivity index (χ4n) is 3.30. The van der Waals surface area contributed by atoms with Gasteiger partial charge in [0, 0.05) is 37.5 Å². The van der Waals surface area contributed by atoms with E-state index in [1.165, 1.54) is 12.1 Å². The Morgan fingerprint density at radius 1 is 1.04 bits per heavy atom. The summed E-state index contributed by atoms with van der Waals surface area (Å²) in [5.41, 5.74) is 4.74. The molecule has 1 aliphatic heterocycles. The molecule has 0 unspecified atom stereocenters. The van der Waals surface area contributed by atoms with Crippen molar-refractivity contribution in [3.05, 3.63) is 54.1 Å². The van der Waals surface area contributed by atoms with Gasteiger partial charge >= 0.3 is 6.36 Å². The number of nitrogens with zero attached hydrogens (tertiary/aromatic N) is 3. The normalized spacial score (nSPS) is 13.2. The first kappa shape index (κ1) is 18.2. The molecular formula is C20H19F3N4O. The summed E-state index contributed by atoms with van der Waals surface area (Å²) in [4.78, 5) is 2.03. The molecule has 0 amide bonds. The van der Waals surface area contributed by atoms with Gasteiger partial charge in [-0.15, -0.1) is 13.2 Å². The molecule has 0 saturated carbocycles. The molecule has 28 heavy (non-hydrogen) atoms. The number of nitrogens with one attached hydrogen (secondary N) is 1. The van der Waals surface area contributed by atoms with E-state index in [0.717, 1.165) is 41.3 Å². The van der Waals surface area contributed by atoms with Crippen molar-refractivity contribution in [2.24, 2.45) is 0 Å². The molecule has 0 spiro atoms. The number of aromatic nitrogens is 2. The Hall–Kier alpha value is -3.16. The predicted molar refractivity (Wildman–Crippen MR) is 102 cm³/mol. The standard InChI is InChI=1S/C20H19F3N4O/c1-26(2)14-5-3-13(4-6-14)18-17-11-12-24-19(17)27(25-18)15-7-9-16(10-8-15)28-20(21,22)23/h3-10,24H,11-12H2,1-2H3. The van der Waals surface area contributed by atoms with Crippen molar-refractivity contribution in [3.8, 4) is 22.7 Å². The monoisotopic (exact) mass is 388 g/mol. The van der Waals surface area contributed by atoms with Crippen LogP contribution in [0.3, 0.4) is 0 Å². The molecule has 0 atom stereocenters. The number of alkyl halides is 3. The van der Waals surface area contributed by atoms with Gasteiger partial charge in [-0.05, 0) is 42.8 Å². The lowest BCUT2D eigenvalue weighted by Crippen LogP contribution is -2.17. The van der Waals surface area contributed by atoms with E-state index < -0.39 is 6.36 Å². The molecule has 0 radical (unpaired) electrons. The summed E-state index contributed by atoms with van der Waals surface area (Å²) in [6.45, 7) is 0.797. The summed E-state index contributed by atoms with van der Waals surface area (Å²) in [6, 6.07) is 13.8.